The van der Waals surface area contributed by atoms with E-state index in [1.165, 1.54) is 6.07 Å². The molecule has 214 valence electrons. The molecular formula is C34H38F4O2. The van der Waals surface area contributed by atoms with Crippen LogP contribution in [0.5, 0.6) is 11.5 Å². The SMILES string of the molecule is CCCCOc1ccc(-c2ccc(CCC3CC=C(c4ccc(OCCCC)c(F)c4F)CC3)c(F)c2F)cc1. The van der Waals surface area contributed by atoms with Crippen molar-refractivity contribution < 1.29 is 27.0 Å². The standard InChI is InChI=1S/C34H38F4O2/c1-3-5-21-39-27-16-13-25(14-17-27)28-18-15-26(31(35)32(28)36)12-9-23-7-10-24(11-8-23)29-19-20-30(34(38)33(29)37)40-22-6-4-2/h10,13-20,23H,3-9,11-12,21-22H2,1-2H3. The van der Waals surface area contributed by atoms with Gasteiger partial charge < -0.3 is 9.47 Å². The van der Waals surface area contributed by atoms with E-state index in [-0.39, 0.29) is 22.8 Å². The molecule has 1 unspecified atom stereocenters. The smallest absolute Gasteiger partial charge is 0.201 e. The van der Waals surface area contributed by atoms with Crippen LogP contribution in [0.1, 0.15) is 76.3 Å². The molecule has 0 amide bonds. The number of ether oxygens (including phenoxy) is 2. The topological polar surface area (TPSA) is 18.5 Å². The molecule has 6 heteroatoms. The minimum absolute atomic E-state index is 0.0577. The van der Waals surface area contributed by atoms with Gasteiger partial charge in [-0.3, -0.25) is 0 Å². The minimum atomic E-state index is -0.950. The van der Waals surface area contributed by atoms with E-state index in [1.807, 2.05) is 13.0 Å². The van der Waals surface area contributed by atoms with Crippen LogP contribution in [0.4, 0.5) is 17.6 Å². The average molecular weight is 555 g/mol. The largest absolute Gasteiger partial charge is 0.494 e. The van der Waals surface area contributed by atoms with Crippen LogP contribution in [0, 0.1) is 29.2 Å². The number of unbranched alkanes of at least 4 members (excludes halogenated alkanes) is 2. The van der Waals surface area contributed by atoms with Crippen LogP contribution in [-0.4, -0.2) is 13.2 Å². The van der Waals surface area contributed by atoms with Gasteiger partial charge in [-0.25, -0.2) is 13.2 Å². The van der Waals surface area contributed by atoms with Crippen LogP contribution in [0.15, 0.2) is 54.6 Å². The van der Waals surface area contributed by atoms with Gasteiger partial charge in [0.15, 0.2) is 23.2 Å². The van der Waals surface area contributed by atoms with Crippen molar-refractivity contribution in [3.8, 4) is 22.6 Å². The van der Waals surface area contributed by atoms with Gasteiger partial charge in [0, 0.05) is 11.1 Å². The lowest BCUT2D eigenvalue weighted by atomic mass is 9.83. The van der Waals surface area contributed by atoms with Crippen molar-refractivity contribution in [3.05, 3.63) is 89.0 Å². The second-order valence-corrected chi connectivity index (χ2v) is 10.5. The van der Waals surface area contributed by atoms with Crippen molar-refractivity contribution in [2.75, 3.05) is 13.2 Å². The van der Waals surface area contributed by atoms with Crippen LogP contribution >= 0.6 is 0 Å². The van der Waals surface area contributed by atoms with E-state index < -0.39 is 23.3 Å². The monoisotopic (exact) mass is 554 g/mol. The van der Waals surface area contributed by atoms with E-state index in [2.05, 4.69) is 6.92 Å². The Hall–Kier alpha value is -3.28. The van der Waals surface area contributed by atoms with Gasteiger partial charge in [0.1, 0.15) is 5.75 Å². The van der Waals surface area contributed by atoms with Crippen molar-refractivity contribution in [2.24, 2.45) is 5.92 Å². The molecule has 0 fully saturated rings. The number of halogens is 4. The Bertz CT molecular complexity index is 1300. The molecule has 3 aromatic carbocycles. The Morgan fingerprint density at radius 3 is 2.08 bits per heavy atom. The summed E-state index contributed by atoms with van der Waals surface area (Å²) in [6.45, 7) is 5.07. The fourth-order valence-corrected chi connectivity index (χ4v) is 5.04. The predicted octanol–water partition coefficient (Wildman–Crippen LogP) is 10.1. The normalized spacial score (nSPS) is 15.2. The molecule has 4 rings (SSSR count). The van der Waals surface area contributed by atoms with Gasteiger partial charge >= 0.3 is 0 Å². The van der Waals surface area contributed by atoms with Crippen LogP contribution in [0.2, 0.25) is 0 Å². The first kappa shape index (κ1) is 29.7. The van der Waals surface area contributed by atoms with E-state index in [9.17, 15) is 17.6 Å². The molecule has 0 heterocycles. The molecule has 0 bridgehead atoms. The van der Waals surface area contributed by atoms with Crippen molar-refractivity contribution in [1.29, 1.82) is 0 Å². The minimum Gasteiger partial charge on any atom is -0.494 e. The second kappa shape index (κ2) is 14.4. The Morgan fingerprint density at radius 1 is 0.725 bits per heavy atom. The van der Waals surface area contributed by atoms with Crippen molar-refractivity contribution in [1.82, 2.24) is 0 Å². The lowest BCUT2D eigenvalue weighted by Crippen LogP contribution is -2.09. The lowest BCUT2D eigenvalue weighted by molar-refractivity contribution is 0.288. The number of hydrogen-bond acceptors (Lipinski definition) is 2. The zero-order valence-corrected chi connectivity index (χ0v) is 23.4. The summed E-state index contributed by atoms with van der Waals surface area (Å²) in [6.07, 6.45) is 8.78. The fourth-order valence-electron chi connectivity index (χ4n) is 5.04. The highest BCUT2D eigenvalue weighted by molar-refractivity contribution is 5.68. The van der Waals surface area contributed by atoms with E-state index in [0.29, 0.717) is 55.8 Å². The third-order valence-corrected chi connectivity index (χ3v) is 7.58. The van der Waals surface area contributed by atoms with Gasteiger partial charge in [-0.1, -0.05) is 57.0 Å². The maximum atomic E-state index is 15.0. The van der Waals surface area contributed by atoms with Gasteiger partial charge in [0.05, 0.1) is 13.2 Å². The summed E-state index contributed by atoms with van der Waals surface area (Å²) >= 11 is 0. The van der Waals surface area contributed by atoms with Crippen LogP contribution < -0.4 is 9.47 Å². The molecule has 1 atom stereocenters. The quantitative estimate of drug-likeness (QED) is 0.155. The summed E-state index contributed by atoms with van der Waals surface area (Å²) in [7, 11) is 0. The second-order valence-electron chi connectivity index (χ2n) is 10.5. The molecule has 2 nitrogen and oxygen atoms in total. The molecule has 0 radical (unpaired) electrons. The van der Waals surface area contributed by atoms with E-state index in [1.54, 1.807) is 42.5 Å². The third-order valence-electron chi connectivity index (χ3n) is 7.58. The molecule has 40 heavy (non-hydrogen) atoms. The number of aryl methyl sites for hydroxylation is 1. The maximum Gasteiger partial charge on any atom is 0.201 e. The first-order chi connectivity index (χ1) is 19.4. The van der Waals surface area contributed by atoms with Crippen LogP contribution in [0.25, 0.3) is 16.7 Å². The van der Waals surface area contributed by atoms with E-state index in [0.717, 1.165) is 37.7 Å². The van der Waals surface area contributed by atoms with Gasteiger partial charge in [0.2, 0.25) is 5.82 Å². The van der Waals surface area contributed by atoms with Gasteiger partial charge in [-0.2, -0.15) is 4.39 Å². The highest BCUT2D eigenvalue weighted by atomic mass is 19.2. The Balaban J connectivity index is 1.35. The Kier molecular flexibility index (Phi) is 10.7. The van der Waals surface area contributed by atoms with Crippen molar-refractivity contribution in [2.45, 2.75) is 71.6 Å². The molecule has 0 spiro atoms. The third kappa shape index (κ3) is 7.26. The highest BCUT2D eigenvalue weighted by Crippen LogP contribution is 2.36. The predicted molar refractivity (Wildman–Crippen MR) is 153 cm³/mol. The average Bonchev–Trinajstić information content (AvgIpc) is 2.97. The van der Waals surface area contributed by atoms with Gasteiger partial charge in [-0.05, 0) is 91.8 Å². The molecular weight excluding hydrogens is 516 g/mol. The molecule has 0 saturated heterocycles. The molecule has 0 aromatic heterocycles. The molecule has 1 aliphatic carbocycles. The summed E-state index contributed by atoms with van der Waals surface area (Å²) in [4.78, 5) is 0. The number of hydrogen-bond donors (Lipinski definition) is 0. The summed E-state index contributed by atoms with van der Waals surface area (Å²) in [5, 5.41) is 0. The number of allylic oxidation sites excluding steroid dienone is 2. The van der Waals surface area contributed by atoms with E-state index in [4.69, 9.17) is 9.47 Å². The summed E-state index contributed by atoms with van der Waals surface area (Å²) in [5.41, 5.74) is 2.21. The molecule has 0 saturated carbocycles. The maximum absolute atomic E-state index is 15.0. The van der Waals surface area contributed by atoms with Crippen LogP contribution in [-0.2, 0) is 6.42 Å². The lowest BCUT2D eigenvalue weighted by Gasteiger charge is -2.23. The summed E-state index contributed by atoms with van der Waals surface area (Å²) in [5.74, 6) is -2.58. The van der Waals surface area contributed by atoms with Gasteiger partial charge in [0.25, 0.3) is 0 Å². The summed E-state index contributed by atoms with van der Waals surface area (Å²) in [6, 6.07) is 13.4. The Morgan fingerprint density at radius 2 is 1.40 bits per heavy atom. The summed E-state index contributed by atoms with van der Waals surface area (Å²) < 4.78 is 70.3. The zero-order chi connectivity index (χ0) is 28.5. The number of benzene rings is 3. The van der Waals surface area contributed by atoms with Crippen molar-refractivity contribution in [3.63, 3.8) is 0 Å². The zero-order valence-electron chi connectivity index (χ0n) is 23.4. The molecule has 0 N–H and O–H groups in total. The Labute approximate surface area is 235 Å². The highest BCUT2D eigenvalue weighted by Gasteiger charge is 2.22. The first-order valence-corrected chi connectivity index (χ1v) is 14.4. The fraction of sp³-hybridized carbons (Fsp3) is 0.412. The van der Waals surface area contributed by atoms with Crippen molar-refractivity contribution >= 4 is 5.57 Å². The van der Waals surface area contributed by atoms with Gasteiger partial charge in [-0.15, -0.1) is 0 Å². The molecule has 1 aliphatic rings. The van der Waals surface area contributed by atoms with Crippen LogP contribution in [0.3, 0.4) is 0 Å². The first-order valence-electron chi connectivity index (χ1n) is 14.4. The van der Waals surface area contributed by atoms with E-state index >= 15 is 0 Å². The molecule has 3 aromatic rings. The number of rotatable bonds is 13. The molecule has 0 aliphatic heterocycles.